The van der Waals surface area contributed by atoms with Gasteiger partial charge in [0.25, 0.3) is 16.0 Å². The maximum Gasteiger partial charge on any atom is 1.00 e. The van der Waals surface area contributed by atoms with E-state index in [1.54, 1.807) is 56.3 Å². The molecule has 4 aromatic rings. The van der Waals surface area contributed by atoms with Gasteiger partial charge in [0, 0.05) is 22.7 Å². The molecule has 0 unspecified atom stereocenters. The minimum absolute atomic E-state index is 0. The van der Waals surface area contributed by atoms with Crippen LogP contribution in [-0.2, 0) is 16.5 Å². The molecular formula is C27H22Cl2N3NaO6S. The van der Waals surface area contributed by atoms with Crippen molar-refractivity contribution in [2.24, 2.45) is 10.2 Å². The predicted molar refractivity (Wildman–Crippen MR) is 149 cm³/mol. The predicted octanol–water partition coefficient (Wildman–Crippen LogP) is 4.10. The third-order valence-corrected chi connectivity index (χ3v) is 7.55. The Morgan fingerprint density at radius 3 is 2.45 bits per heavy atom. The Morgan fingerprint density at radius 2 is 1.77 bits per heavy atom. The molecule has 0 saturated heterocycles. The average Bonchev–Trinajstić information content (AvgIpc) is 2.89. The molecule has 4 aromatic carbocycles. The minimum Gasteiger partial charge on any atom is -0.870 e. The molecule has 0 aliphatic heterocycles. The molecule has 2 N–H and O–H groups in total. The molecule has 4 rings (SSSR count). The Bertz CT molecular complexity index is 1730. The molecule has 0 radical (unpaired) electrons. The molecular weight excluding hydrogens is 588 g/mol. The molecule has 0 aliphatic rings. The number of fused-ring (bicyclic) bond motifs is 1. The van der Waals surface area contributed by atoms with Crippen LogP contribution in [0.25, 0.3) is 10.8 Å². The van der Waals surface area contributed by atoms with Crippen LogP contribution in [0.1, 0.15) is 29.8 Å². The van der Waals surface area contributed by atoms with E-state index in [9.17, 15) is 22.9 Å². The van der Waals surface area contributed by atoms with Gasteiger partial charge >= 0.3 is 29.6 Å². The van der Waals surface area contributed by atoms with Crippen molar-refractivity contribution in [2.75, 3.05) is 11.9 Å². The molecule has 0 bridgehead atoms. The number of amides is 1. The van der Waals surface area contributed by atoms with Gasteiger partial charge in [-0.25, -0.2) is 0 Å². The first kappa shape index (κ1) is 31.8. The van der Waals surface area contributed by atoms with Gasteiger partial charge in [0.05, 0.1) is 22.3 Å². The van der Waals surface area contributed by atoms with E-state index in [1.807, 2.05) is 0 Å². The topological polar surface area (TPSA) is 140 Å². The molecule has 0 heterocycles. The fourth-order valence-corrected chi connectivity index (χ4v) is 5.51. The molecule has 0 aromatic heterocycles. The number of carbonyl (C=O) groups excluding carboxylic acids is 1. The largest absolute Gasteiger partial charge is 1.00 e. The van der Waals surface area contributed by atoms with Gasteiger partial charge in [0.1, 0.15) is 16.3 Å². The van der Waals surface area contributed by atoms with E-state index in [0.29, 0.717) is 45.8 Å². The van der Waals surface area contributed by atoms with Crippen LogP contribution in [0.15, 0.2) is 75.8 Å². The molecule has 1 amide bonds. The quantitative estimate of drug-likeness (QED) is 0.175. The summed E-state index contributed by atoms with van der Waals surface area (Å²) in [5.41, 5.74) is 0.244. The summed E-state index contributed by atoms with van der Waals surface area (Å²) in [4.78, 5) is 12.7. The summed E-state index contributed by atoms with van der Waals surface area (Å²) in [6, 6.07) is 15.8. The van der Waals surface area contributed by atoms with Crippen LogP contribution >= 0.6 is 23.2 Å². The zero-order valence-electron chi connectivity index (χ0n) is 21.7. The second-order valence-corrected chi connectivity index (χ2v) is 10.4. The number of hydrogen-bond donors (Lipinski definition) is 2. The van der Waals surface area contributed by atoms with Crippen LogP contribution in [0.2, 0.25) is 10.0 Å². The summed E-state index contributed by atoms with van der Waals surface area (Å²) in [7, 11) is -4.65. The van der Waals surface area contributed by atoms with Crippen LogP contribution in [-0.4, -0.2) is 25.5 Å². The second kappa shape index (κ2) is 13.3. The monoisotopic (exact) mass is 609 g/mol. The first-order valence-corrected chi connectivity index (χ1v) is 13.9. The number of nitrogens with zero attached hydrogens (tertiary/aromatic N) is 2. The van der Waals surface area contributed by atoms with Gasteiger partial charge in [0.2, 0.25) is 0 Å². The molecule has 9 nitrogen and oxygen atoms in total. The number of benzene rings is 4. The standard InChI is InChI=1S/C27H23Cl2N3O6S.Na/c1-3-15-9-12-21(23(29)26(15)39(35,36)37)31-32-24-18-8-6-5-7-16(18)13-19(25(24)33)27(34)30-17-10-11-20(28)22(14-17)38-4-2;/h5-14,33H,3-4H2,1-2H3,(H,30,34)(H,35,36,37);/q;+1/p-1. The molecule has 202 valence electrons. The van der Waals surface area contributed by atoms with Gasteiger partial charge in [-0.15, -0.1) is 5.11 Å². The molecule has 0 atom stereocenters. The Hall–Kier alpha value is -2.70. The van der Waals surface area contributed by atoms with Crippen LogP contribution in [0.5, 0.6) is 11.5 Å². The molecule has 40 heavy (non-hydrogen) atoms. The molecule has 0 saturated carbocycles. The smallest absolute Gasteiger partial charge is 0.870 e. The fraction of sp³-hybridized carbons (Fsp3) is 0.148. The normalized spacial score (nSPS) is 11.4. The molecule has 13 heteroatoms. The van der Waals surface area contributed by atoms with E-state index in [1.165, 1.54) is 18.2 Å². The van der Waals surface area contributed by atoms with Gasteiger partial charge < -0.3 is 15.2 Å². The summed E-state index contributed by atoms with van der Waals surface area (Å²) < 4.78 is 39.0. The fourth-order valence-electron chi connectivity index (χ4n) is 3.95. The van der Waals surface area contributed by atoms with Gasteiger partial charge in [-0.3, -0.25) is 9.35 Å². The minimum atomic E-state index is -4.65. The number of nitrogens with one attached hydrogen (secondary N) is 1. The number of rotatable bonds is 8. The SMILES string of the molecule is CCOc1cc(NC(=O)c2cc3ccccc3c(N=Nc3ccc(CC)c(S(=O)(=O)O)c3Cl)c2[O-])ccc1Cl.[Na+]. The number of hydrogen-bond acceptors (Lipinski definition) is 7. The summed E-state index contributed by atoms with van der Waals surface area (Å²) in [5.74, 6) is -1.02. The van der Waals surface area contributed by atoms with E-state index in [4.69, 9.17) is 27.9 Å². The van der Waals surface area contributed by atoms with Gasteiger partial charge in [-0.2, -0.15) is 13.5 Å². The number of halogens is 2. The van der Waals surface area contributed by atoms with Crippen LogP contribution in [0, 0.1) is 0 Å². The molecule has 0 aliphatic carbocycles. The average molecular weight is 610 g/mol. The Kier molecular flexibility index (Phi) is 10.6. The summed E-state index contributed by atoms with van der Waals surface area (Å²) in [5, 5.41) is 25.2. The molecule has 0 spiro atoms. The molecule has 0 fully saturated rings. The summed E-state index contributed by atoms with van der Waals surface area (Å²) >= 11 is 12.4. The zero-order valence-corrected chi connectivity index (χ0v) is 26.1. The van der Waals surface area contributed by atoms with Gasteiger partial charge in [-0.1, -0.05) is 66.2 Å². The maximum absolute atomic E-state index is 13.4. The van der Waals surface area contributed by atoms with Crippen molar-refractivity contribution in [3.63, 3.8) is 0 Å². The summed E-state index contributed by atoms with van der Waals surface area (Å²) in [6.07, 6.45) is 0.290. The van der Waals surface area contributed by atoms with Crippen molar-refractivity contribution in [1.29, 1.82) is 0 Å². The van der Waals surface area contributed by atoms with Crippen molar-refractivity contribution < 1.29 is 57.2 Å². The summed E-state index contributed by atoms with van der Waals surface area (Å²) in [6.45, 7) is 3.87. The van der Waals surface area contributed by atoms with Crippen molar-refractivity contribution in [2.45, 2.75) is 25.2 Å². The number of ether oxygens (including phenoxy) is 1. The first-order valence-electron chi connectivity index (χ1n) is 11.7. The van der Waals surface area contributed by atoms with E-state index in [-0.39, 0.29) is 51.5 Å². The van der Waals surface area contributed by atoms with Crippen molar-refractivity contribution >= 4 is 67.1 Å². The number of carbonyl (C=O) groups is 1. The first-order chi connectivity index (χ1) is 18.5. The van der Waals surface area contributed by atoms with Gasteiger partial charge in [-0.05, 0) is 48.6 Å². The van der Waals surface area contributed by atoms with Gasteiger partial charge in [0.15, 0.2) is 0 Å². The van der Waals surface area contributed by atoms with Crippen molar-refractivity contribution in [3.8, 4) is 11.5 Å². The third kappa shape index (κ3) is 6.77. The van der Waals surface area contributed by atoms with Crippen LogP contribution in [0.4, 0.5) is 17.1 Å². The maximum atomic E-state index is 13.4. The number of azo groups is 1. The second-order valence-electron chi connectivity index (χ2n) is 8.27. The zero-order chi connectivity index (χ0) is 28.3. The Balaban J connectivity index is 0.00000441. The number of aryl methyl sites for hydroxylation is 1. The van der Waals surface area contributed by atoms with Crippen LogP contribution < -0.4 is 44.7 Å². The Morgan fingerprint density at radius 1 is 1.05 bits per heavy atom. The van der Waals surface area contributed by atoms with Crippen molar-refractivity contribution in [3.05, 3.63) is 81.8 Å². The van der Waals surface area contributed by atoms with Crippen LogP contribution in [0.3, 0.4) is 0 Å². The van der Waals surface area contributed by atoms with E-state index >= 15 is 0 Å². The number of anilines is 1. The third-order valence-electron chi connectivity index (χ3n) is 5.76. The van der Waals surface area contributed by atoms with E-state index < -0.39 is 26.7 Å². The van der Waals surface area contributed by atoms with Crippen molar-refractivity contribution in [1.82, 2.24) is 0 Å². The Labute approximate surface area is 263 Å². The van der Waals surface area contributed by atoms with E-state index in [0.717, 1.165) is 0 Å². The van der Waals surface area contributed by atoms with E-state index in [2.05, 4.69) is 15.5 Å².